The van der Waals surface area contributed by atoms with E-state index in [1.54, 1.807) is 7.11 Å². The minimum atomic E-state index is -0.0516. The zero-order valence-electron chi connectivity index (χ0n) is 17.3. The molecule has 2 aromatic carbocycles. The first-order chi connectivity index (χ1) is 14.3. The van der Waals surface area contributed by atoms with Crippen molar-refractivity contribution in [2.24, 2.45) is 0 Å². The van der Waals surface area contributed by atoms with E-state index in [0.717, 1.165) is 30.8 Å². The van der Waals surface area contributed by atoms with Crippen LogP contribution in [0, 0.1) is 0 Å². The van der Waals surface area contributed by atoms with Crippen LogP contribution in [0.3, 0.4) is 0 Å². The summed E-state index contributed by atoms with van der Waals surface area (Å²) < 4.78 is 5.30. The monoisotopic (exact) mass is 392 g/mol. The van der Waals surface area contributed by atoms with E-state index in [1.807, 2.05) is 24.3 Å². The highest BCUT2D eigenvalue weighted by molar-refractivity contribution is 5.95. The fraction of sp³-hybridized carbons (Fsp3) is 0.480. The molecular weight excluding hydrogens is 360 g/mol. The summed E-state index contributed by atoms with van der Waals surface area (Å²) in [6.07, 6.45) is 8.18. The molecule has 3 atom stereocenters. The van der Waals surface area contributed by atoms with Crippen molar-refractivity contribution < 1.29 is 9.53 Å². The molecule has 2 fully saturated rings. The number of likely N-dealkylation sites (tertiary alicyclic amines) is 1. The largest absolute Gasteiger partial charge is 0.497 e. The van der Waals surface area contributed by atoms with Crippen molar-refractivity contribution in [2.75, 3.05) is 19.0 Å². The number of amides is 1. The van der Waals surface area contributed by atoms with Gasteiger partial charge in [-0.2, -0.15) is 0 Å². The maximum Gasteiger partial charge on any atom is 0.241 e. The van der Waals surface area contributed by atoms with Gasteiger partial charge >= 0.3 is 0 Å². The molecule has 4 heteroatoms. The molecule has 1 unspecified atom stereocenters. The lowest BCUT2D eigenvalue weighted by atomic mass is 9.78. The lowest BCUT2D eigenvalue weighted by Gasteiger charge is -2.45. The predicted octanol–water partition coefficient (Wildman–Crippen LogP) is 5.21. The van der Waals surface area contributed by atoms with Crippen molar-refractivity contribution in [1.82, 2.24) is 4.90 Å². The van der Waals surface area contributed by atoms with Crippen LogP contribution < -0.4 is 10.1 Å². The predicted molar refractivity (Wildman–Crippen MR) is 117 cm³/mol. The standard InChI is InChI=1S/C25H32N2O2/c1-29-21-13-9-12-20(18-21)26-25(28)24-16-7-8-17-27(24)23-15-6-5-14-22(23)19-10-3-2-4-11-19/h2-4,9-13,18,22-24H,5-8,14-17H2,1H3,(H,26,28)/t22-,23-,24?/m1/s1. The van der Waals surface area contributed by atoms with Crippen LogP contribution in [0.25, 0.3) is 0 Å². The number of benzene rings is 2. The van der Waals surface area contributed by atoms with Crippen LogP contribution >= 0.6 is 0 Å². The van der Waals surface area contributed by atoms with E-state index in [0.29, 0.717) is 12.0 Å². The maximum atomic E-state index is 13.3. The Morgan fingerprint density at radius 1 is 0.966 bits per heavy atom. The number of piperidine rings is 1. The Bertz CT molecular complexity index is 807. The number of hydrogen-bond donors (Lipinski definition) is 1. The number of hydrogen-bond acceptors (Lipinski definition) is 3. The Balaban J connectivity index is 1.53. The number of ether oxygens (including phenoxy) is 1. The number of methoxy groups -OCH3 is 1. The molecule has 154 valence electrons. The first-order valence-electron chi connectivity index (χ1n) is 11.0. The average Bonchev–Trinajstić information content (AvgIpc) is 2.80. The van der Waals surface area contributed by atoms with Crippen LogP contribution in [0.15, 0.2) is 54.6 Å². The van der Waals surface area contributed by atoms with Crippen LogP contribution in [0.5, 0.6) is 5.75 Å². The number of carbonyl (C=O) groups excluding carboxylic acids is 1. The van der Waals surface area contributed by atoms with Gasteiger partial charge in [0.15, 0.2) is 0 Å². The molecular formula is C25H32N2O2. The fourth-order valence-corrected chi connectivity index (χ4v) is 5.16. The molecule has 1 aliphatic heterocycles. The van der Waals surface area contributed by atoms with Crippen molar-refractivity contribution in [2.45, 2.75) is 62.9 Å². The van der Waals surface area contributed by atoms with Gasteiger partial charge in [-0.15, -0.1) is 0 Å². The van der Waals surface area contributed by atoms with Crippen LogP contribution in [-0.2, 0) is 4.79 Å². The number of nitrogens with zero attached hydrogens (tertiary/aromatic N) is 1. The Hall–Kier alpha value is -2.33. The molecule has 2 aromatic rings. The molecule has 4 nitrogen and oxygen atoms in total. The summed E-state index contributed by atoms with van der Waals surface area (Å²) in [6.45, 7) is 1.02. The van der Waals surface area contributed by atoms with E-state index in [4.69, 9.17) is 4.74 Å². The van der Waals surface area contributed by atoms with Crippen molar-refractivity contribution in [3.05, 3.63) is 60.2 Å². The second kappa shape index (κ2) is 9.45. The molecule has 0 aromatic heterocycles. The van der Waals surface area contributed by atoms with Crippen LogP contribution in [-0.4, -0.2) is 36.5 Å². The minimum Gasteiger partial charge on any atom is -0.497 e. The molecule has 2 aliphatic rings. The maximum absolute atomic E-state index is 13.3. The van der Waals surface area contributed by atoms with Gasteiger partial charge in [-0.05, 0) is 55.8 Å². The van der Waals surface area contributed by atoms with Crippen molar-refractivity contribution in [3.63, 3.8) is 0 Å². The number of rotatable bonds is 5. The third kappa shape index (κ3) is 4.64. The van der Waals surface area contributed by atoms with Gasteiger partial charge in [-0.25, -0.2) is 0 Å². The molecule has 0 radical (unpaired) electrons. The van der Waals surface area contributed by atoms with Gasteiger partial charge in [-0.1, -0.05) is 55.7 Å². The third-order valence-corrected chi connectivity index (χ3v) is 6.57. The number of anilines is 1. The van der Waals surface area contributed by atoms with Crippen LogP contribution in [0.4, 0.5) is 5.69 Å². The zero-order chi connectivity index (χ0) is 20.1. The molecule has 1 amide bonds. The molecule has 1 N–H and O–H groups in total. The quantitative estimate of drug-likeness (QED) is 0.759. The van der Waals surface area contributed by atoms with E-state index in [-0.39, 0.29) is 11.9 Å². The molecule has 1 saturated carbocycles. The summed E-state index contributed by atoms with van der Waals surface area (Å²) in [5, 5.41) is 3.15. The van der Waals surface area contributed by atoms with Crippen molar-refractivity contribution in [1.29, 1.82) is 0 Å². The van der Waals surface area contributed by atoms with E-state index < -0.39 is 0 Å². The highest BCUT2D eigenvalue weighted by atomic mass is 16.5. The average molecular weight is 393 g/mol. The van der Waals surface area contributed by atoms with Gasteiger partial charge < -0.3 is 10.1 Å². The van der Waals surface area contributed by atoms with E-state index >= 15 is 0 Å². The van der Waals surface area contributed by atoms with Gasteiger partial charge in [0.25, 0.3) is 0 Å². The summed E-state index contributed by atoms with van der Waals surface area (Å²) in [4.78, 5) is 15.8. The first-order valence-corrected chi connectivity index (χ1v) is 11.0. The highest BCUT2D eigenvalue weighted by Crippen LogP contribution is 2.38. The second-order valence-corrected chi connectivity index (χ2v) is 8.34. The SMILES string of the molecule is COc1cccc(NC(=O)C2CCCCN2[C@@H]2CCCC[C@@H]2c2ccccc2)c1. The molecule has 0 spiro atoms. The molecule has 1 heterocycles. The van der Waals surface area contributed by atoms with E-state index in [1.165, 1.54) is 37.7 Å². The van der Waals surface area contributed by atoms with Gasteiger partial charge in [0, 0.05) is 17.8 Å². The smallest absolute Gasteiger partial charge is 0.241 e. The summed E-state index contributed by atoms with van der Waals surface area (Å²) in [6, 6.07) is 18.9. The van der Waals surface area contributed by atoms with Gasteiger partial charge in [0.05, 0.1) is 13.2 Å². The topological polar surface area (TPSA) is 41.6 Å². The second-order valence-electron chi connectivity index (χ2n) is 8.34. The van der Waals surface area contributed by atoms with Crippen LogP contribution in [0.1, 0.15) is 56.4 Å². The van der Waals surface area contributed by atoms with Gasteiger partial charge in [0.1, 0.15) is 5.75 Å². The number of carbonyl (C=O) groups is 1. The Kier molecular flexibility index (Phi) is 6.50. The fourth-order valence-electron chi connectivity index (χ4n) is 5.16. The third-order valence-electron chi connectivity index (χ3n) is 6.57. The number of nitrogens with one attached hydrogen (secondary N) is 1. The minimum absolute atomic E-state index is 0.0516. The molecule has 4 rings (SSSR count). The lowest BCUT2D eigenvalue weighted by Crippen LogP contribution is -2.54. The van der Waals surface area contributed by atoms with Gasteiger partial charge in [0.2, 0.25) is 5.91 Å². The molecule has 0 bridgehead atoms. The summed E-state index contributed by atoms with van der Waals surface area (Å²) in [5.74, 6) is 1.41. The normalized spacial score (nSPS) is 25.3. The summed E-state index contributed by atoms with van der Waals surface area (Å²) >= 11 is 0. The Morgan fingerprint density at radius 2 is 1.76 bits per heavy atom. The van der Waals surface area contributed by atoms with E-state index in [2.05, 4.69) is 40.5 Å². The lowest BCUT2D eigenvalue weighted by molar-refractivity contribution is -0.124. The highest BCUT2D eigenvalue weighted by Gasteiger charge is 2.38. The Labute approximate surface area is 174 Å². The molecule has 29 heavy (non-hydrogen) atoms. The summed E-state index contributed by atoms with van der Waals surface area (Å²) in [7, 11) is 1.65. The molecule has 1 aliphatic carbocycles. The first kappa shape index (κ1) is 20.0. The Morgan fingerprint density at radius 3 is 2.59 bits per heavy atom. The molecule has 1 saturated heterocycles. The van der Waals surface area contributed by atoms with Gasteiger partial charge in [-0.3, -0.25) is 9.69 Å². The summed E-state index contributed by atoms with van der Waals surface area (Å²) in [5.41, 5.74) is 2.23. The van der Waals surface area contributed by atoms with E-state index in [9.17, 15) is 4.79 Å². The van der Waals surface area contributed by atoms with Crippen molar-refractivity contribution in [3.8, 4) is 5.75 Å². The zero-order valence-corrected chi connectivity index (χ0v) is 17.3. The van der Waals surface area contributed by atoms with Crippen molar-refractivity contribution >= 4 is 11.6 Å². The van der Waals surface area contributed by atoms with Crippen LogP contribution in [0.2, 0.25) is 0 Å².